The Morgan fingerprint density at radius 3 is 2.00 bits per heavy atom. The Bertz CT molecular complexity index is 297. The number of hydrogen-bond acceptors (Lipinski definition) is 4. The highest BCUT2D eigenvalue weighted by Crippen LogP contribution is 2.17. The van der Waals surface area contributed by atoms with Crippen LogP contribution in [0.2, 0.25) is 0 Å². The summed E-state index contributed by atoms with van der Waals surface area (Å²) in [6, 6.07) is -0.825. The molecule has 0 amide bonds. The fraction of sp³-hybridized carbons (Fsp3) is 0.944. The lowest BCUT2D eigenvalue weighted by atomic mass is 9.98. The molecule has 5 heteroatoms. The largest absolute Gasteiger partial charge is 0.386 e. The van der Waals surface area contributed by atoms with Crippen molar-refractivity contribution < 1.29 is 14.8 Å². The van der Waals surface area contributed by atoms with Crippen molar-refractivity contribution in [2.75, 3.05) is 0 Å². The van der Waals surface area contributed by atoms with E-state index in [1.54, 1.807) is 0 Å². The summed E-state index contributed by atoms with van der Waals surface area (Å²) >= 11 is 0. The minimum Gasteiger partial charge on any atom is -0.386 e. The SMILES string of the molecule is CCCCCCCCC(O)C(CCCCCCC[C]=O)[N+](=O)[O-]. The average molecular weight is 328 g/mol. The molecule has 23 heavy (non-hydrogen) atoms. The Kier molecular flexibility index (Phi) is 15.2. The van der Waals surface area contributed by atoms with Gasteiger partial charge in [0.25, 0.3) is 0 Å². The fourth-order valence-corrected chi connectivity index (χ4v) is 2.85. The van der Waals surface area contributed by atoms with Crippen molar-refractivity contribution in [1.82, 2.24) is 0 Å². The predicted octanol–water partition coefficient (Wildman–Crippen LogP) is 4.58. The lowest BCUT2D eigenvalue weighted by Crippen LogP contribution is -2.33. The third-order valence-electron chi connectivity index (χ3n) is 4.35. The third kappa shape index (κ3) is 13.2. The van der Waals surface area contributed by atoms with Gasteiger partial charge in [-0.25, -0.2) is 0 Å². The van der Waals surface area contributed by atoms with Gasteiger partial charge in [-0.05, 0) is 19.3 Å². The van der Waals surface area contributed by atoms with E-state index in [0.29, 0.717) is 19.3 Å². The van der Waals surface area contributed by atoms with Gasteiger partial charge < -0.3 is 5.11 Å². The van der Waals surface area contributed by atoms with Crippen LogP contribution < -0.4 is 0 Å². The summed E-state index contributed by atoms with van der Waals surface area (Å²) in [5.41, 5.74) is 0. The van der Waals surface area contributed by atoms with E-state index in [1.165, 1.54) is 19.3 Å². The van der Waals surface area contributed by atoms with Crippen LogP contribution in [0.25, 0.3) is 0 Å². The summed E-state index contributed by atoms with van der Waals surface area (Å²) in [5.74, 6) is 0. The molecular formula is C18H34NO4. The molecular weight excluding hydrogens is 294 g/mol. The van der Waals surface area contributed by atoms with E-state index >= 15 is 0 Å². The minimum atomic E-state index is -0.825. The molecule has 0 aliphatic rings. The monoisotopic (exact) mass is 328 g/mol. The van der Waals surface area contributed by atoms with Crippen LogP contribution in [0.1, 0.15) is 96.8 Å². The molecule has 0 saturated carbocycles. The maximum absolute atomic E-state index is 11.1. The fourth-order valence-electron chi connectivity index (χ4n) is 2.85. The van der Waals surface area contributed by atoms with Crippen molar-refractivity contribution in [2.24, 2.45) is 0 Å². The van der Waals surface area contributed by atoms with Gasteiger partial charge in [0.2, 0.25) is 6.04 Å². The molecule has 0 bridgehead atoms. The Morgan fingerprint density at radius 2 is 1.43 bits per heavy atom. The second-order valence-electron chi connectivity index (χ2n) is 6.43. The van der Waals surface area contributed by atoms with Crippen LogP contribution in [-0.2, 0) is 4.79 Å². The molecule has 0 aromatic carbocycles. The number of nitrogens with zero attached hydrogens (tertiary/aromatic N) is 1. The number of aliphatic hydroxyl groups is 1. The zero-order chi connectivity index (χ0) is 17.3. The van der Waals surface area contributed by atoms with Gasteiger partial charge in [-0.2, -0.15) is 0 Å². The quantitative estimate of drug-likeness (QED) is 0.241. The number of rotatable bonds is 17. The van der Waals surface area contributed by atoms with Gasteiger partial charge in [-0.15, -0.1) is 0 Å². The van der Waals surface area contributed by atoms with Crippen molar-refractivity contribution in [2.45, 2.75) is 109 Å². The van der Waals surface area contributed by atoms with Crippen LogP contribution in [0.3, 0.4) is 0 Å². The molecule has 1 radical (unpaired) electrons. The van der Waals surface area contributed by atoms with Gasteiger partial charge in [0.05, 0.1) is 0 Å². The molecule has 0 aliphatic carbocycles. The molecule has 0 saturated heterocycles. The first-order valence-corrected chi connectivity index (χ1v) is 9.30. The molecule has 0 aromatic rings. The topological polar surface area (TPSA) is 80.4 Å². The van der Waals surface area contributed by atoms with Gasteiger partial charge in [0, 0.05) is 17.8 Å². The lowest BCUT2D eigenvalue weighted by Gasteiger charge is -2.16. The number of aliphatic hydroxyl groups excluding tert-OH is 1. The molecule has 0 heterocycles. The van der Waals surface area contributed by atoms with Crippen molar-refractivity contribution >= 4 is 6.29 Å². The molecule has 0 fully saturated rings. The van der Waals surface area contributed by atoms with Crippen LogP contribution in [0, 0.1) is 10.1 Å². The van der Waals surface area contributed by atoms with Crippen molar-refractivity contribution in [3.05, 3.63) is 10.1 Å². The van der Waals surface area contributed by atoms with Crippen molar-refractivity contribution in [3.63, 3.8) is 0 Å². The smallest absolute Gasteiger partial charge is 0.238 e. The van der Waals surface area contributed by atoms with Gasteiger partial charge in [-0.1, -0.05) is 64.7 Å². The van der Waals surface area contributed by atoms with E-state index in [4.69, 9.17) is 0 Å². The van der Waals surface area contributed by atoms with Gasteiger partial charge in [0.1, 0.15) is 6.10 Å². The highest BCUT2D eigenvalue weighted by molar-refractivity contribution is 5.50. The number of nitro groups is 1. The first kappa shape index (κ1) is 22.0. The summed E-state index contributed by atoms with van der Waals surface area (Å²) in [7, 11) is 0. The summed E-state index contributed by atoms with van der Waals surface area (Å²) in [4.78, 5) is 20.9. The summed E-state index contributed by atoms with van der Waals surface area (Å²) < 4.78 is 0. The molecule has 135 valence electrons. The second kappa shape index (κ2) is 15.9. The molecule has 0 aromatic heterocycles. The van der Waals surface area contributed by atoms with E-state index in [0.717, 1.165) is 51.4 Å². The van der Waals surface area contributed by atoms with Gasteiger partial charge in [-0.3, -0.25) is 14.9 Å². The first-order chi connectivity index (χ1) is 11.1. The third-order valence-corrected chi connectivity index (χ3v) is 4.35. The first-order valence-electron chi connectivity index (χ1n) is 9.30. The molecule has 2 unspecified atom stereocenters. The Morgan fingerprint density at radius 1 is 0.913 bits per heavy atom. The van der Waals surface area contributed by atoms with Gasteiger partial charge >= 0.3 is 0 Å². The van der Waals surface area contributed by atoms with Crippen LogP contribution in [0.5, 0.6) is 0 Å². The van der Waals surface area contributed by atoms with Gasteiger partial charge in [0.15, 0.2) is 6.29 Å². The molecule has 2 atom stereocenters. The maximum Gasteiger partial charge on any atom is 0.238 e. The van der Waals surface area contributed by atoms with E-state index in [2.05, 4.69) is 6.92 Å². The molecule has 0 spiro atoms. The zero-order valence-corrected chi connectivity index (χ0v) is 14.7. The molecule has 5 nitrogen and oxygen atoms in total. The van der Waals surface area contributed by atoms with E-state index in [-0.39, 0.29) is 4.92 Å². The predicted molar refractivity (Wildman–Crippen MR) is 92.8 cm³/mol. The minimum absolute atomic E-state index is 0.316. The number of hydrogen-bond donors (Lipinski definition) is 1. The van der Waals surface area contributed by atoms with Crippen LogP contribution in [-0.4, -0.2) is 28.5 Å². The summed E-state index contributed by atoms with van der Waals surface area (Å²) in [5, 5.41) is 21.2. The highest BCUT2D eigenvalue weighted by atomic mass is 16.6. The molecule has 0 aliphatic heterocycles. The average Bonchev–Trinajstić information content (AvgIpc) is 2.52. The Hall–Kier alpha value is -0.970. The highest BCUT2D eigenvalue weighted by Gasteiger charge is 2.28. The lowest BCUT2D eigenvalue weighted by molar-refractivity contribution is -0.535. The molecule has 1 N–H and O–H groups in total. The van der Waals surface area contributed by atoms with Crippen LogP contribution in [0.4, 0.5) is 0 Å². The van der Waals surface area contributed by atoms with E-state index < -0.39 is 12.1 Å². The Labute approximate surface area is 141 Å². The zero-order valence-electron chi connectivity index (χ0n) is 14.7. The Balaban J connectivity index is 3.77. The standard InChI is InChI=1S/C18H34NO4/c1-2-3-4-5-9-12-15-18(21)17(19(22)23)14-11-8-6-7-10-13-16-20/h17-18,21H,2-15H2,1H3. The van der Waals surface area contributed by atoms with Crippen LogP contribution >= 0.6 is 0 Å². The van der Waals surface area contributed by atoms with Crippen LogP contribution in [0.15, 0.2) is 0 Å². The van der Waals surface area contributed by atoms with Crippen molar-refractivity contribution in [1.29, 1.82) is 0 Å². The normalized spacial score (nSPS) is 13.7. The van der Waals surface area contributed by atoms with E-state index in [9.17, 15) is 20.0 Å². The number of unbranched alkanes of at least 4 members (excludes halogenated alkanes) is 10. The maximum atomic E-state index is 11.1. The number of carbonyl (C=O) groups excluding carboxylic acids is 1. The summed E-state index contributed by atoms with van der Waals surface area (Å²) in [6.07, 6.45) is 13.8. The molecule has 0 rings (SSSR count). The second-order valence-corrected chi connectivity index (χ2v) is 6.43. The van der Waals surface area contributed by atoms with Crippen molar-refractivity contribution in [3.8, 4) is 0 Å². The summed E-state index contributed by atoms with van der Waals surface area (Å²) in [6.45, 7) is 2.17. The van der Waals surface area contributed by atoms with E-state index in [1.807, 2.05) is 6.29 Å².